The van der Waals surface area contributed by atoms with Gasteiger partial charge in [0.15, 0.2) is 5.78 Å². The van der Waals surface area contributed by atoms with E-state index < -0.39 is 0 Å². The third kappa shape index (κ3) is 2.23. The molecule has 2 rings (SSSR count). The Morgan fingerprint density at radius 3 is 3.20 bits per heavy atom. The Balaban J connectivity index is 2.24. The third-order valence-electron chi connectivity index (χ3n) is 2.69. The van der Waals surface area contributed by atoms with Crippen LogP contribution < -0.4 is 5.32 Å². The average molecular weight is 204 g/mol. The number of hydrogen-bond acceptors (Lipinski definition) is 3. The van der Waals surface area contributed by atoms with Crippen molar-refractivity contribution >= 4 is 5.78 Å². The van der Waals surface area contributed by atoms with E-state index in [-0.39, 0.29) is 5.78 Å². The van der Waals surface area contributed by atoms with E-state index in [0.29, 0.717) is 12.1 Å². The van der Waals surface area contributed by atoms with Crippen molar-refractivity contribution in [2.45, 2.75) is 32.7 Å². The maximum atomic E-state index is 11.7. The van der Waals surface area contributed by atoms with Crippen molar-refractivity contribution in [3.8, 4) is 0 Å². The molecule has 1 aliphatic heterocycles. The fraction of sp³-hybridized carbons (Fsp3) is 0.500. The van der Waals surface area contributed by atoms with E-state index in [1.807, 2.05) is 19.1 Å². The molecule has 1 aromatic rings. The smallest absolute Gasteiger partial charge is 0.181 e. The Bertz CT molecular complexity index is 374. The van der Waals surface area contributed by atoms with E-state index >= 15 is 0 Å². The van der Waals surface area contributed by atoms with Crippen molar-refractivity contribution < 1.29 is 4.79 Å². The summed E-state index contributed by atoms with van der Waals surface area (Å²) in [4.78, 5) is 16.1. The van der Waals surface area contributed by atoms with Crippen LogP contribution in [0.25, 0.3) is 0 Å². The summed E-state index contributed by atoms with van der Waals surface area (Å²) in [6.45, 7) is 3.86. The van der Waals surface area contributed by atoms with Gasteiger partial charge in [-0.15, -0.1) is 0 Å². The lowest BCUT2D eigenvalue weighted by atomic mass is 10.0. The normalized spacial score (nSPS) is 14.7. The van der Waals surface area contributed by atoms with Crippen LogP contribution in [0.3, 0.4) is 0 Å². The number of hydrogen-bond donors (Lipinski definition) is 1. The van der Waals surface area contributed by atoms with E-state index in [0.717, 1.165) is 31.6 Å². The van der Waals surface area contributed by atoms with Gasteiger partial charge >= 0.3 is 0 Å². The predicted molar refractivity (Wildman–Crippen MR) is 58.9 cm³/mol. The van der Waals surface area contributed by atoms with Crippen molar-refractivity contribution in [2.75, 3.05) is 6.54 Å². The fourth-order valence-corrected chi connectivity index (χ4v) is 1.85. The molecule has 0 saturated heterocycles. The minimum atomic E-state index is 0.166. The second kappa shape index (κ2) is 4.53. The van der Waals surface area contributed by atoms with Crippen LogP contribution in [0.1, 0.15) is 41.5 Å². The zero-order valence-corrected chi connectivity index (χ0v) is 9.05. The van der Waals surface area contributed by atoms with Crippen molar-refractivity contribution in [3.05, 3.63) is 29.1 Å². The first-order valence-corrected chi connectivity index (χ1v) is 5.54. The highest BCUT2D eigenvalue weighted by Crippen LogP contribution is 2.13. The molecule has 0 saturated carbocycles. The van der Waals surface area contributed by atoms with E-state index in [9.17, 15) is 4.79 Å². The molecule has 0 unspecified atom stereocenters. The number of Topliss-reactive ketones (excluding diaryl/α,β-unsaturated/α-hetero) is 1. The molecule has 0 aromatic carbocycles. The molecular weight excluding hydrogens is 188 g/mol. The van der Waals surface area contributed by atoms with Crippen LogP contribution in [0.4, 0.5) is 0 Å². The Morgan fingerprint density at radius 2 is 2.40 bits per heavy atom. The second-order valence-corrected chi connectivity index (χ2v) is 3.90. The summed E-state index contributed by atoms with van der Waals surface area (Å²) in [5, 5.41) is 3.29. The second-order valence-electron chi connectivity index (χ2n) is 3.90. The SMILES string of the molecule is CCCC(=O)c1ccc2c(n1)CCNC2. The van der Waals surface area contributed by atoms with E-state index in [2.05, 4.69) is 10.3 Å². The van der Waals surface area contributed by atoms with Crippen LogP contribution in [-0.2, 0) is 13.0 Å². The van der Waals surface area contributed by atoms with Gasteiger partial charge in [0.2, 0.25) is 0 Å². The maximum Gasteiger partial charge on any atom is 0.181 e. The Morgan fingerprint density at radius 1 is 1.53 bits per heavy atom. The zero-order chi connectivity index (χ0) is 10.7. The topological polar surface area (TPSA) is 42.0 Å². The van der Waals surface area contributed by atoms with Crippen molar-refractivity contribution in [3.63, 3.8) is 0 Å². The van der Waals surface area contributed by atoms with Crippen molar-refractivity contribution in [1.29, 1.82) is 0 Å². The van der Waals surface area contributed by atoms with E-state index in [1.165, 1.54) is 5.56 Å². The van der Waals surface area contributed by atoms with Gasteiger partial charge in [-0.05, 0) is 18.1 Å². The number of rotatable bonds is 3. The van der Waals surface area contributed by atoms with Gasteiger partial charge in [-0.2, -0.15) is 0 Å². The molecule has 3 nitrogen and oxygen atoms in total. The first-order chi connectivity index (χ1) is 7.31. The molecule has 0 radical (unpaired) electrons. The Labute approximate surface area is 89.9 Å². The van der Waals surface area contributed by atoms with E-state index in [4.69, 9.17) is 0 Å². The Hall–Kier alpha value is -1.22. The highest BCUT2D eigenvalue weighted by Gasteiger charge is 2.13. The minimum Gasteiger partial charge on any atom is -0.312 e. The highest BCUT2D eigenvalue weighted by atomic mass is 16.1. The van der Waals surface area contributed by atoms with E-state index in [1.54, 1.807) is 0 Å². The highest BCUT2D eigenvalue weighted by molar-refractivity contribution is 5.94. The van der Waals surface area contributed by atoms with Gasteiger partial charge in [-0.25, -0.2) is 4.98 Å². The molecule has 0 aliphatic carbocycles. The summed E-state index contributed by atoms with van der Waals surface area (Å²) < 4.78 is 0. The predicted octanol–water partition coefficient (Wildman–Crippen LogP) is 1.71. The quantitative estimate of drug-likeness (QED) is 0.762. The molecule has 0 amide bonds. The van der Waals surface area contributed by atoms with Crippen LogP contribution in [-0.4, -0.2) is 17.3 Å². The molecule has 0 fully saturated rings. The lowest BCUT2D eigenvalue weighted by Crippen LogP contribution is -2.25. The molecule has 1 aliphatic rings. The molecule has 2 heterocycles. The maximum absolute atomic E-state index is 11.7. The van der Waals surface area contributed by atoms with Gasteiger partial charge < -0.3 is 5.32 Å². The third-order valence-corrected chi connectivity index (χ3v) is 2.69. The summed E-state index contributed by atoms with van der Waals surface area (Å²) in [5.41, 5.74) is 2.96. The van der Waals surface area contributed by atoms with Gasteiger partial charge in [0.05, 0.1) is 0 Å². The number of carbonyl (C=O) groups excluding carboxylic acids is 1. The number of nitrogens with zero attached hydrogens (tertiary/aromatic N) is 1. The molecular formula is C12H16N2O. The summed E-state index contributed by atoms with van der Waals surface area (Å²) in [5.74, 6) is 0.166. The van der Waals surface area contributed by atoms with Gasteiger partial charge in [-0.3, -0.25) is 4.79 Å². The van der Waals surface area contributed by atoms with Crippen molar-refractivity contribution in [2.24, 2.45) is 0 Å². The van der Waals surface area contributed by atoms with Gasteiger partial charge in [0.25, 0.3) is 0 Å². The first-order valence-electron chi connectivity index (χ1n) is 5.54. The molecule has 0 bridgehead atoms. The minimum absolute atomic E-state index is 0.166. The van der Waals surface area contributed by atoms with Crippen LogP contribution in [0, 0.1) is 0 Å². The van der Waals surface area contributed by atoms with Crippen LogP contribution >= 0.6 is 0 Å². The summed E-state index contributed by atoms with van der Waals surface area (Å²) in [6.07, 6.45) is 2.42. The number of carbonyl (C=O) groups is 1. The van der Waals surface area contributed by atoms with Gasteiger partial charge in [0, 0.05) is 31.6 Å². The standard InChI is InChI=1S/C12H16N2O/c1-2-3-12(15)11-5-4-9-8-13-7-6-10(9)14-11/h4-5,13H,2-3,6-8H2,1H3. The summed E-state index contributed by atoms with van der Waals surface area (Å²) in [7, 11) is 0. The lowest BCUT2D eigenvalue weighted by Gasteiger charge is -2.16. The molecule has 1 aromatic heterocycles. The number of nitrogens with one attached hydrogen (secondary N) is 1. The molecule has 80 valence electrons. The molecule has 0 spiro atoms. The fourth-order valence-electron chi connectivity index (χ4n) is 1.85. The van der Waals surface area contributed by atoms with Crippen molar-refractivity contribution in [1.82, 2.24) is 10.3 Å². The van der Waals surface area contributed by atoms with Crippen LogP contribution in [0.2, 0.25) is 0 Å². The molecule has 1 N–H and O–H groups in total. The lowest BCUT2D eigenvalue weighted by molar-refractivity contribution is 0.0976. The monoisotopic (exact) mass is 204 g/mol. The van der Waals surface area contributed by atoms with Crippen LogP contribution in [0.5, 0.6) is 0 Å². The largest absolute Gasteiger partial charge is 0.312 e. The van der Waals surface area contributed by atoms with Gasteiger partial charge in [-0.1, -0.05) is 13.0 Å². The van der Waals surface area contributed by atoms with Gasteiger partial charge in [0.1, 0.15) is 5.69 Å². The summed E-state index contributed by atoms with van der Waals surface area (Å²) >= 11 is 0. The molecule has 0 atom stereocenters. The number of ketones is 1. The zero-order valence-electron chi connectivity index (χ0n) is 9.05. The first kappa shape index (κ1) is 10.3. The number of pyridine rings is 1. The summed E-state index contributed by atoms with van der Waals surface area (Å²) in [6, 6.07) is 3.88. The molecule has 15 heavy (non-hydrogen) atoms. The average Bonchev–Trinajstić information content (AvgIpc) is 2.29. The Kier molecular flexibility index (Phi) is 3.11. The molecule has 3 heteroatoms. The van der Waals surface area contributed by atoms with Crippen LogP contribution in [0.15, 0.2) is 12.1 Å². The number of aromatic nitrogens is 1. The number of fused-ring (bicyclic) bond motifs is 1.